The molecular weight excluding hydrogens is 206 g/mol. The average molecular weight is 229 g/mol. The van der Waals surface area contributed by atoms with Crippen LogP contribution in [0.4, 0.5) is 0 Å². The molecule has 2 unspecified atom stereocenters. The number of nitro groups is 1. The Kier molecular flexibility index (Phi) is 7.81. The van der Waals surface area contributed by atoms with Crippen molar-refractivity contribution in [3.8, 4) is 0 Å². The lowest BCUT2D eigenvalue weighted by molar-refractivity contribution is -0.526. The van der Waals surface area contributed by atoms with Crippen molar-refractivity contribution in [2.24, 2.45) is 5.92 Å². The molecule has 0 aliphatic heterocycles. The summed E-state index contributed by atoms with van der Waals surface area (Å²) in [6.07, 6.45) is 5.56. The second-order valence-electron chi connectivity index (χ2n) is 4.66. The SMILES string of the molecule is CC(C)=CCCC(C)CCC(CO)[N+](=O)[O-]. The summed E-state index contributed by atoms with van der Waals surface area (Å²) in [6.45, 7) is 5.89. The Balaban J connectivity index is 3.75. The summed E-state index contributed by atoms with van der Waals surface area (Å²) in [7, 11) is 0. The average Bonchev–Trinajstić information content (AvgIpc) is 2.17. The minimum Gasteiger partial charge on any atom is -0.389 e. The molecule has 4 nitrogen and oxygen atoms in total. The lowest BCUT2D eigenvalue weighted by Gasteiger charge is -2.11. The number of hydrogen-bond acceptors (Lipinski definition) is 3. The quantitative estimate of drug-likeness (QED) is 0.395. The van der Waals surface area contributed by atoms with Crippen LogP contribution in [0.25, 0.3) is 0 Å². The van der Waals surface area contributed by atoms with Crippen molar-refractivity contribution >= 4 is 0 Å². The zero-order chi connectivity index (χ0) is 12.6. The highest BCUT2D eigenvalue weighted by molar-refractivity contribution is 4.92. The monoisotopic (exact) mass is 229 g/mol. The molecule has 16 heavy (non-hydrogen) atoms. The fourth-order valence-corrected chi connectivity index (χ4v) is 1.54. The first-order chi connectivity index (χ1) is 7.47. The third kappa shape index (κ3) is 7.40. The second-order valence-corrected chi connectivity index (χ2v) is 4.66. The van der Waals surface area contributed by atoms with Gasteiger partial charge >= 0.3 is 0 Å². The molecule has 0 rings (SSSR count). The molecule has 0 saturated heterocycles. The minimum absolute atomic E-state index is 0.353. The Morgan fingerprint density at radius 2 is 2.00 bits per heavy atom. The molecule has 1 N–H and O–H groups in total. The van der Waals surface area contributed by atoms with Gasteiger partial charge in [0.25, 0.3) is 0 Å². The van der Waals surface area contributed by atoms with E-state index in [2.05, 4.69) is 26.8 Å². The predicted molar refractivity (Wildman–Crippen MR) is 64.9 cm³/mol. The van der Waals surface area contributed by atoms with E-state index in [4.69, 9.17) is 5.11 Å². The van der Waals surface area contributed by atoms with Crippen LogP contribution in [0.5, 0.6) is 0 Å². The largest absolute Gasteiger partial charge is 0.389 e. The number of rotatable bonds is 8. The van der Waals surface area contributed by atoms with Crippen molar-refractivity contribution in [2.45, 2.75) is 52.5 Å². The van der Waals surface area contributed by atoms with Crippen LogP contribution in [0, 0.1) is 16.0 Å². The molecule has 0 spiro atoms. The first kappa shape index (κ1) is 15.1. The maximum Gasteiger partial charge on any atom is 0.235 e. The van der Waals surface area contributed by atoms with Gasteiger partial charge in [0.1, 0.15) is 6.61 Å². The smallest absolute Gasteiger partial charge is 0.235 e. The zero-order valence-electron chi connectivity index (χ0n) is 10.5. The van der Waals surface area contributed by atoms with Crippen LogP contribution in [0.15, 0.2) is 11.6 Å². The Hall–Kier alpha value is -0.900. The number of hydrogen-bond donors (Lipinski definition) is 1. The van der Waals surface area contributed by atoms with Crippen LogP contribution < -0.4 is 0 Å². The van der Waals surface area contributed by atoms with Gasteiger partial charge in [-0.3, -0.25) is 10.1 Å². The van der Waals surface area contributed by atoms with Gasteiger partial charge in [0, 0.05) is 11.3 Å². The molecule has 0 saturated carbocycles. The van der Waals surface area contributed by atoms with Gasteiger partial charge in [0.2, 0.25) is 6.04 Å². The molecule has 0 heterocycles. The van der Waals surface area contributed by atoms with Crippen LogP contribution in [-0.2, 0) is 0 Å². The molecule has 0 bridgehead atoms. The van der Waals surface area contributed by atoms with Gasteiger partial charge in [-0.1, -0.05) is 18.6 Å². The molecule has 0 aromatic carbocycles. The summed E-state index contributed by atoms with van der Waals surface area (Å²) in [6, 6.07) is -0.786. The van der Waals surface area contributed by atoms with E-state index < -0.39 is 6.04 Å². The lowest BCUT2D eigenvalue weighted by Crippen LogP contribution is -2.24. The minimum atomic E-state index is -0.786. The number of aliphatic hydroxyl groups is 1. The Morgan fingerprint density at radius 1 is 1.38 bits per heavy atom. The van der Waals surface area contributed by atoms with Crippen LogP contribution in [-0.4, -0.2) is 22.7 Å². The molecule has 0 radical (unpaired) electrons. The third-order valence-corrected chi connectivity index (χ3v) is 2.71. The molecule has 0 aromatic rings. The molecule has 0 aromatic heterocycles. The van der Waals surface area contributed by atoms with E-state index in [-0.39, 0.29) is 11.5 Å². The van der Waals surface area contributed by atoms with E-state index in [1.165, 1.54) is 5.57 Å². The van der Waals surface area contributed by atoms with Crippen LogP contribution in [0.1, 0.15) is 46.5 Å². The van der Waals surface area contributed by atoms with Gasteiger partial charge in [0.15, 0.2) is 0 Å². The first-order valence-corrected chi connectivity index (χ1v) is 5.85. The predicted octanol–water partition coefficient (Wildman–Crippen LogP) is 2.79. The van der Waals surface area contributed by atoms with E-state index in [0.29, 0.717) is 12.3 Å². The van der Waals surface area contributed by atoms with Crippen molar-refractivity contribution in [3.05, 3.63) is 21.8 Å². The molecule has 2 atom stereocenters. The van der Waals surface area contributed by atoms with E-state index in [1.807, 2.05) is 0 Å². The van der Waals surface area contributed by atoms with E-state index in [1.54, 1.807) is 0 Å². The molecule has 0 fully saturated rings. The second kappa shape index (κ2) is 8.28. The molecule has 0 amide bonds. The van der Waals surface area contributed by atoms with Gasteiger partial charge in [-0.25, -0.2) is 0 Å². The van der Waals surface area contributed by atoms with Crippen molar-refractivity contribution in [1.29, 1.82) is 0 Å². The lowest BCUT2D eigenvalue weighted by atomic mass is 9.97. The van der Waals surface area contributed by atoms with Gasteiger partial charge in [0.05, 0.1) is 0 Å². The number of allylic oxidation sites excluding steroid dienone is 2. The van der Waals surface area contributed by atoms with Crippen LogP contribution in [0.3, 0.4) is 0 Å². The summed E-state index contributed by atoms with van der Waals surface area (Å²) in [5.74, 6) is 0.476. The van der Waals surface area contributed by atoms with Gasteiger partial charge in [-0.15, -0.1) is 0 Å². The zero-order valence-corrected chi connectivity index (χ0v) is 10.5. The highest BCUT2D eigenvalue weighted by Crippen LogP contribution is 2.15. The van der Waals surface area contributed by atoms with Gasteiger partial charge in [-0.05, 0) is 39.0 Å². The van der Waals surface area contributed by atoms with Crippen LogP contribution in [0.2, 0.25) is 0 Å². The summed E-state index contributed by atoms with van der Waals surface area (Å²) < 4.78 is 0. The van der Waals surface area contributed by atoms with Crippen molar-refractivity contribution in [1.82, 2.24) is 0 Å². The molecule has 0 aliphatic carbocycles. The fourth-order valence-electron chi connectivity index (χ4n) is 1.54. The van der Waals surface area contributed by atoms with Crippen molar-refractivity contribution in [2.75, 3.05) is 6.61 Å². The van der Waals surface area contributed by atoms with Gasteiger partial charge < -0.3 is 5.11 Å². The molecule has 94 valence electrons. The Morgan fingerprint density at radius 3 is 2.44 bits per heavy atom. The molecule has 0 aliphatic rings. The van der Waals surface area contributed by atoms with Crippen molar-refractivity contribution in [3.63, 3.8) is 0 Å². The van der Waals surface area contributed by atoms with Crippen molar-refractivity contribution < 1.29 is 10.0 Å². The van der Waals surface area contributed by atoms with Gasteiger partial charge in [-0.2, -0.15) is 0 Å². The normalized spacial score (nSPS) is 14.2. The topological polar surface area (TPSA) is 63.4 Å². The Labute approximate surface area is 97.5 Å². The third-order valence-electron chi connectivity index (χ3n) is 2.71. The number of nitrogens with zero attached hydrogens (tertiary/aromatic N) is 1. The highest BCUT2D eigenvalue weighted by atomic mass is 16.6. The Bertz CT molecular complexity index is 234. The first-order valence-electron chi connectivity index (χ1n) is 5.85. The molecule has 4 heteroatoms. The summed E-state index contributed by atoms with van der Waals surface area (Å²) >= 11 is 0. The van der Waals surface area contributed by atoms with Crippen LogP contribution >= 0.6 is 0 Å². The van der Waals surface area contributed by atoms with E-state index >= 15 is 0 Å². The van der Waals surface area contributed by atoms with E-state index in [0.717, 1.165) is 19.3 Å². The summed E-state index contributed by atoms with van der Waals surface area (Å²) in [5, 5.41) is 19.3. The van der Waals surface area contributed by atoms with E-state index in [9.17, 15) is 10.1 Å². The number of aliphatic hydroxyl groups excluding tert-OH is 1. The molecular formula is C12H23NO3. The highest BCUT2D eigenvalue weighted by Gasteiger charge is 2.19. The standard InChI is InChI=1S/C12H23NO3/c1-10(2)5-4-6-11(3)7-8-12(9-14)13(15)16/h5,11-12,14H,4,6-9H2,1-3H3. The fraction of sp³-hybridized carbons (Fsp3) is 0.833. The summed E-state index contributed by atoms with van der Waals surface area (Å²) in [4.78, 5) is 10.1. The maximum atomic E-state index is 10.5. The maximum absolute atomic E-state index is 10.5. The summed E-state index contributed by atoms with van der Waals surface area (Å²) in [5.41, 5.74) is 1.31.